The number of nitriles is 1. The molecule has 0 aromatic carbocycles. The molecular formula is C14H18N4O. The molecule has 1 aliphatic rings. The van der Waals surface area contributed by atoms with E-state index < -0.39 is 0 Å². The van der Waals surface area contributed by atoms with E-state index in [1.165, 1.54) is 12.8 Å². The van der Waals surface area contributed by atoms with Crippen molar-refractivity contribution < 1.29 is 4.79 Å². The Balaban J connectivity index is 2.10. The van der Waals surface area contributed by atoms with Crippen LogP contribution in [0.1, 0.15) is 36.9 Å². The molecule has 0 spiro atoms. The molecule has 1 aromatic rings. The van der Waals surface area contributed by atoms with E-state index in [0.29, 0.717) is 18.3 Å². The third kappa shape index (κ3) is 3.76. The van der Waals surface area contributed by atoms with Gasteiger partial charge in [-0.2, -0.15) is 5.26 Å². The van der Waals surface area contributed by atoms with Gasteiger partial charge in [0.25, 0.3) is 0 Å². The first-order valence-electron chi connectivity index (χ1n) is 6.56. The zero-order valence-corrected chi connectivity index (χ0v) is 10.9. The van der Waals surface area contributed by atoms with E-state index in [1.807, 2.05) is 12.1 Å². The summed E-state index contributed by atoms with van der Waals surface area (Å²) in [5.74, 6) is -0.304. The summed E-state index contributed by atoms with van der Waals surface area (Å²) in [6.45, 7) is 0.916. The van der Waals surface area contributed by atoms with Crippen molar-refractivity contribution in [2.24, 2.45) is 5.73 Å². The van der Waals surface area contributed by atoms with Crippen molar-refractivity contribution >= 4 is 5.91 Å². The summed E-state index contributed by atoms with van der Waals surface area (Å²) in [6.07, 6.45) is 6.28. The second kappa shape index (κ2) is 6.30. The van der Waals surface area contributed by atoms with Gasteiger partial charge in [0.1, 0.15) is 11.8 Å². The summed E-state index contributed by atoms with van der Waals surface area (Å²) in [5, 5.41) is 8.85. The molecule has 1 aromatic heterocycles. The largest absolute Gasteiger partial charge is 0.369 e. The number of carbonyl (C=O) groups is 1. The first-order valence-corrected chi connectivity index (χ1v) is 6.56. The van der Waals surface area contributed by atoms with Crippen LogP contribution in [-0.4, -0.2) is 28.4 Å². The van der Waals surface area contributed by atoms with Gasteiger partial charge >= 0.3 is 0 Å². The minimum Gasteiger partial charge on any atom is -0.369 e. The molecule has 0 aliphatic heterocycles. The van der Waals surface area contributed by atoms with Gasteiger partial charge in [-0.05, 0) is 30.5 Å². The number of rotatable bonds is 5. The van der Waals surface area contributed by atoms with E-state index >= 15 is 0 Å². The SMILES string of the molecule is N#Cc1cc(CN(CC(N)=O)C2CCCC2)ccn1. The molecule has 5 heteroatoms. The second-order valence-electron chi connectivity index (χ2n) is 4.97. The Hall–Kier alpha value is -1.93. The molecule has 0 radical (unpaired) electrons. The number of amides is 1. The second-order valence-corrected chi connectivity index (χ2v) is 4.97. The maximum absolute atomic E-state index is 11.2. The van der Waals surface area contributed by atoms with Crippen LogP contribution in [0, 0.1) is 11.3 Å². The highest BCUT2D eigenvalue weighted by molar-refractivity contribution is 5.76. The summed E-state index contributed by atoms with van der Waals surface area (Å²) in [4.78, 5) is 17.3. The van der Waals surface area contributed by atoms with Crippen molar-refractivity contribution in [3.05, 3.63) is 29.6 Å². The Morgan fingerprint density at radius 2 is 2.26 bits per heavy atom. The maximum atomic E-state index is 11.2. The summed E-state index contributed by atoms with van der Waals surface area (Å²) >= 11 is 0. The fraction of sp³-hybridized carbons (Fsp3) is 0.500. The molecule has 1 amide bonds. The van der Waals surface area contributed by atoms with Crippen LogP contribution < -0.4 is 5.73 Å². The highest BCUT2D eigenvalue weighted by Crippen LogP contribution is 2.24. The van der Waals surface area contributed by atoms with E-state index in [0.717, 1.165) is 18.4 Å². The first-order chi connectivity index (χ1) is 9.19. The topological polar surface area (TPSA) is 83.0 Å². The minimum absolute atomic E-state index is 0.273. The molecule has 100 valence electrons. The predicted octanol–water partition coefficient (Wildman–Crippen LogP) is 1.18. The molecule has 1 heterocycles. The van der Waals surface area contributed by atoms with Crippen LogP contribution in [0.2, 0.25) is 0 Å². The number of nitrogens with two attached hydrogens (primary N) is 1. The zero-order chi connectivity index (χ0) is 13.7. The van der Waals surface area contributed by atoms with E-state index in [-0.39, 0.29) is 12.5 Å². The Morgan fingerprint density at radius 3 is 2.89 bits per heavy atom. The highest BCUT2D eigenvalue weighted by atomic mass is 16.1. The molecule has 0 bridgehead atoms. The molecule has 0 saturated heterocycles. The van der Waals surface area contributed by atoms with Gasteiger partial charge < -0.3 is 5.73 Å². The lowest BCUT2D eigenvalue weighted by molar-refractivity contribution is -0.119. The molecule has 2 N–H and O–H groups in total. The smallest absolute Gasteiger partial charge is 0.231 e. The Labute approximate surface area is 113 Å². The molecule has 1 saturated carbocycles. The lowest BCUT2D eigenvalue weighted by Crippen LogP contribution is -2.39. The van der Waals surface area contributed by atoms with Crippen LogP contribution in [-0.2, 0) is 11.3 Å². The van der Waals surface area contributed by atoms with Crippen LogP contribution in [0.5, 0.6) is 0 Å². The van der Waals surface area contributed by atoms with Crippen LogP contribution in [0.3, 0.4) is 0 Å². The molecular weight excluding hydrogens is 240 g/mol. The molecule has 19 heavy (non-hydrogen) atoms. The van der Waals surface area contributed by atoms with Gasteiger partial charge in [-0.15, -0.1) is 0 Å². The van der Waals surface area contributed by atoms with Gasteiger partial charge in [0.2, 0.25) is 5.91 Å². The zero-order valence-electron chi connectivity index (χ0n) is 10.9. The summed E-state index contributed by atoms with van der Waals surface area (Å²) in [7, 11) is 0. The molecule has 1 aliphatic carbocycles. The fourth-order valence-corrected chi connectivity index (χ4v) is 2.65. The molecule has 5 nitrogen and oxygen atoms in total. The van der Waals surface area contributed by atoms with Gasteiger partial charge in [0, 0.05) is 18.8 Å². The molecule has 1 fully saturated rings. The maximum Gasteiger partial charge on any atom is 0.231 e. The van der Waals surface area contributed by atoms with Gasteiger partial charge in [-0.3, -0.25) is 9.69 Å². The normalized spacial score (nSPS) is 15.6. The summed E-state index contributed by atoms with van der Waals surface area (Å²) in [5.41, 5.74) is 6.73. The van der Waals surface area contributed by atoms with E-state index in [1.54, 1.807) is 12.3 Å². The minimum atomic E-state index is -0.304. The number of aromatic nitrogens is 1. The van der Waals surface area contributed by atoms with Crippen LogP contribution >= 0.6 is 0 Å². The number of hydrogen-bond acceptors (Lipinski definition) is 4. The van der Waals surface area contributed by atoms with Crippen molar-refractivity contribution in [1.29, 1.82) is 5.26 Å². The third-order valence-electron chi connectivity index (χ3n) is 3.52. The van der Waals surface area contributed by atoms with Crippen molar-refractivity contribution in [2.45, 2.75) is 38.3 Å². The number of carbonyl (C=O) groups excluding carboxylic acids is 1. The Bertz CT molecular complexity index is 488. The van der Waals surface area contributed by atoms with Crippen molar-refractivity contribution in [1.82, 2.24) is 9.88 Å². The fourth-order valence-electron chi connectivity index (χ4n) is 2.65. The van der Waals surface area contributed by atoms with Gasteiger partial charge in [-0.1, -0.05) is 12.8 Å². The van der Waals surface area contributed by atoms with Crippen LogP contribution in [0.15, 0.2) is 18.3 Å². The average molecular weight is 258 g/mol. The molecule has 0 unspecified atom stereocenters. The first kappa shape index (κ1) is 13.5. The lowest BCUT2D eigenvalue weighted by Gasteiger charge is -2.27. The van der Waals surface area contributed by atoms with E-state index in [4.69, 9.17) is 11.0 Å². The third-order valence-corrected chi connectivity index (χ3v) is 3.52. The van der Waals surface area contributed by atoms with Crippen LogP contribution in [0.25, 0.3) is 0 Å². The Morgan fingerprint density at radius 1 is 1.53 bits per heavy atom. The summed E-state index contributed by atoms with van der Waals surface area (Å²) in [6, 6.07) is 6.10. The van der Waals surface area contributed by atoms with Gasteiger partial charge in [-0.25, -0.2) is 4.98 Å². The number of hydrogen-bond donors (Lipinski definition) is 1. The number of pyridine rings is 1. The average Bonchev–Trinajstić information content (AvgIpc) is 2.91. The lowest BCUT2D eigenvalue weighted by atomic mass is 10.1. The van der Waals surface area contributed by atoms with Gasteiger partial charge in [0.05, 0.1) is 6.54 Å². The highest BCUT2D eigenvalue weighted by Gasteiger charge is 2.23. The number of nitrogens with zero attached hydrogens (tertiary/aromatic N) is 3. The predicted molar refractivity (Wildman–Crippen MR) is 70.8 cm³/mol. The monoisotopic (exact) mass is 258 g/mol. The van der Waals surface area contributed by atoms with E-state index in [2.05, 4.69) is 9.88 Å². The van der Waals surface area contributed by atoms with Crippen molar-refractivity contribution in [2.75, 3.05) is 6.54 Å². The molecule has 2 rings (SSSR count). The van der Waals surface area contributed by atoms with Crippen molar-refractivity contribution in [3.8, 4) is 6.07 Å². The van der Waals surface area contributed by atoms with Gasteiger partial charge in [0.15, 0.2) is 0 Å². The van der Waals surface area contributed by atoms with E-state index in [9.17, 15) is 4.79 Å². The molecule has 0 atom stereocenters. The van der Waals surface area contributed by atoms with Crippen LogP contribution in [0.4, 0.5) is 0 Å². The number of primary amides is 1. The van der Waals surface area contributed by atoms with Crippen molar-refractivity contribution in [3.63, 3.8) is 0 Å². The summed E-state index contributed by atoms with van der Waals surface area (Å²) < 4.78 is 0. The standard InChI is InChI=1S/C14H18N4O/c15-8-12-7-11(5-6-17-12)9-18(10-14(16)19)13-3-1-2-4-13/h5-7,13H,1-4,9-10H2,(H2,16,19). The Kier molecular flexibility index (Phi) is 4.48. The quantitative estimate of drug-likeness (QED) is 0.859.